The molecule has 27 heavy (non-hydrogen) atoms. The molecule has 142 valence electrons. The van der Waals surface area contributed by atoms with E-state index < -0.39 is 0 Å². The molecule has 1 aliphatic heterocycles. The van der Waals surface area contributed by atoms with Gasteiger partial charge in [-0.25, -0.2) is 0 Å². The number of rotatable bonds is 4. The first-order valence-electron chi connectivity index (χ1n) is 10.6. The zero-order chi connectivity index (χ0) is 18.3. The van der Waals surface area contributed by atoms with Crippen LogP contribution in [0.5, 0.6) is 0 Å². The average molecular weight is 364 g/mol. The number of pyridine rings is 1. The second-order valence-corrected chi connectivity index (χ2v) is 8.94. The van der Waals surface area contributed by atoms with Gasteiger partial charge in [-0.05, 0) is 94.1 Å². The number of aldehydes is 1. The molecular weight excluding hydrogens is 334 g/mol. The summed E-state index contributed by atoms with van der Waals surface area (Å²) in [6, 6.07) is 9.07. The van der Waals surface area contributed by atoms with Gasteiger partial charge in [-0.3, -0.25) is 9.78 Å². The maximum Gasteiger partial charge on any atom is 0.150 e. The highest BCUT2D eigenvalue weighted by Crippen LogP contribution is 2.54. The molecule has 4 heteroatoms. The quantitative estimate of drug-likeness (QED) is 0.804. The zero-order valence-electron chi connectivity index (χ0n) is 16.0. The van der Waals surface area contributed by atoms with Crippen molar-refractivity contribution in [2.75, 3.05) is 18.4 Å². The Labute approximate surface area is 161 Å². The van der Waals surface area contributed by atoms with Crippen molar-refractivity contribution in [2.24, 2.45) is 5.41 Å². The van der Waals surface area contributed by atoms with Gasteiger partial charge in [-0.2, -0.15) is 0 Å². The highest BCUT2D eigenvalue weighted by Gasteiger charge is 2.45. The first kappa shape index (κ1) is 17.2. The van der Waals surface area contributed by atoms with Gasteiger partial charge in [0.25, 0.3) is 0 Å². The summed E-state index contributed by atoms with van der Waals surface area (Å²) in [4.78, 5) is 18.4. The number of carbonyl (C=O) groups excluding carboxylic acids is 1. The SMILES string of the molecule is O=Cc1ccc2nccc(NC3CCC(N4CCC5(CC4)CC5)CC3)c2c1. The van der Waals surface area contributed by atoms with Gasteiger partial charge in [0, 0.05) is 34.9 Å². The summed E-state index contributed by atoms with van der Waals surface area (Å²) in [5, 5.41) is 4.80. The van der Waals surface area contributed by atoms with Crippen LogP contribution in [-0.2, 0) is 0 Å². The van der Waals surface area contributed by atoms with Crippen LogP contribution in [0, 0.1) is 5.41 Å². The van der Waals surface area contributed by atoms with E-state index in [-0.39, 0.29) is 0 Å². The van der Waals surface area contributed by atoms with Crippen LogP contribution in [0.4, 0.5) is 5.69 Å². The Morgan fingerprint density at radius 2 is 1.81 bits per heavy atom. The summed E-state index contributed by atoms with van der Waals surface area (Å²) in [6.45, 7) is 2.65. The van der Waals surface area contributed by atoms with Crippen molar-refractivity contribution in [2.45, 2.75) is 63.5 Å². The van der Waals surface area contributed by atoms with Crippen molar-refractivity contribution >= 4 is 22.9 Å². The molecule has 2 aliphatic carbocycles. The summed E-state index contributed by atoms with van der Waals surface area (Å²) in [5.41, 5.74) is 3.54. The molecule has 4 nitrogen and oxygen atoms in total. The summed E-state index contributed by atoms with van der Waals surface area (Å²) >= 11 is 0. The molecule has 1 aromatic heterocycles. The fourth-order valence-corrected chi connectivity index (χ4v) is 5.21. The van der Waals surface area contributed by atoms with Crippen LogP contribution in [0.25, 0.3) is 10.9 Å². The van der Waals surface area contributed by atoms with Gasteiger partial charge in [0.15, 0.2) is 0 Å². The number of carbonyl (C=O) groups is 1. The maximum absolute atomic E-state index is 11.1. The number of fused-ring (bicyclic) bond motifs is 1. The van der Waals surface area contributed by atoms with E-state index in [0.717, 1.165) is 34.3 Å². The fraction of sp³-hybridized carbons (Fsp3) is 0.565. The molecule has 2 heterocycles. The van der Waals surface area contributed by atoms with Gasteiger partial charge in [0.05, 0.1) is 5.52 Å². The third kappa shape index (κ3) is 3.47. The Balaban J connectivity index is 1.22. The van der Waals surface area contributed by atoms with Crippen LogP contribution >= 0.6 is 0 Å². The van der Waals surface area contributed by atoms with E-state index in [2.05, 4.69) is 15.2 Å². The normalized spacial score (nSPS) is 27.6. The number of benzene rings is 1. The minimum Gasteiger partial charge on any atom is -0.382 e. The van der Waals surface area contributed by atoms with Crippen LogP contribution in [0.15, 0.2) is 30.5 Å². The molecule has 5 rings (SSSR count). The molecule has 1 aromatic carbocycles. The molecule has 0 radical (unpaired) electrons. The number of anilines is 1. The van der Waals surface area contributed by atoms with E-state index in [4.69, 9.17) is 0 Å². The molecule has 1 saturated heterocycles. The van der Waals surface area contributed by atoms with Gasteiger partial charge >= 0.3 is 0 Å². The number of nitrogens with zero attached hydrogens (tertiary/aromatic N) is 2. The molecule has 0 amide bonds. The van der Waals surface area contributed by atoms with Crippen molar-refractivity contribution in [3.63, 3.8) is 0 Å². The third-order valence-corrected chi connectivity index (χ3v) is 7.29. The Kier molecular flexibility index (Phi) is 4.39. The fourth-order valence-electron chi connectivity index (χ4n) is 5.21. The lowest BCUT2D eigenvalue weighted by atomic mass is 9.86. The van der Waals surface area contributed by atoms with E-state index in [0.29, 0.717) is 11.6 Å². The van der Waals surface area contributed by atoms with Crippen LogP contribution in [-0.4, -0.2) is 41.3 Å². The molecule has 0 atom stereocenters. The topological polar surface area (TPSA) is 45.2 Å². The number of piperidine rings is 1. The summed E-state index contributed by atoms with van der Waals surface area (Å²) < 4.78 is 0. The summed E-state index contributed by atoms with van der Waals surface area (Å²) in [7, 11) is 0. The first-order chi connectivity index (χ1) is 13.2. The number of hydrogen-bond donors (Lipinski definition) is 1. The summed E-state index contributed by atoms with van der Waals surface area (Å²) in [6.07, 6.45) is 13.7. The van der Waals surface area contributed by atoms with E-state index in [1.54, 1.807) is 0 Å². The minimum absolute atomic E-state index is 0.520. The molecule has 0 unspecified atom stereocenters. The second kappa shape index (κ2) is 6.90. The highest BCUT2D eigenvalue weighted by molar-refractivity contribution is 5.94. The predicted octanol–water partition coefficient (Wildman–Crippen LogP) is 4.65. The number of aromatic nitrogens is 1. The number of hydrogen-bond acceptors (Lipinski definition) is 4. The lowest BCUT2D eigenvalue weighted by Gasteiger charge is -2.41. The first-order valence-corrected chi connectivity index (χ1v) is 10.6. The van der Waals surface area contributed by atoms with Gasteiger partial charge < -0.3 is 10.2 Å². The van der Waals surface area contributed by atoms with Gasteiger partial charge in [0.1, 0.15) is 6.29 Å². The third-order valence-electron chi connectivity index (χ3n) is 7.29. The van der Waals surface area contributed by atoms with Crippen LogP contribution < -0.4 is 5.32 Å². The van der Waals surface area contributed by atoms with Gasteiger partial charge in [0.2, 0.25) is 0 Å². The number of likely N-dealkylation sites (tertiary alicyclic amines) is 1. The zero-order valence-corrected chi connectivity index (χ0v) is 16.0. The van der Waals surface area contributed by atoms with E-state index in [1.807, 2.05) is 30.5 Å². The Hall–Kier alpha value is -1.94. The van der Waals surface area contributed by atoms with Gasteiger partial charge in [-0.15, -0.1) is 0 Å². The molecule has 2 aromatic rings. The largest absolute Gasteiger partial charge is 0.382 e. The number of nitrogens with one attached hydrogen (secondary N) is 1. The Morgan fingerprint density at radius 1 is 1.04 bits per heavy atom. The predicted molar refractivity (Wildman–Crippen MR) is 109 cm³/mol. The van der Waals surface area contributed by atoms with Crippen molar-refractivity contribution < 1.29 is 4.79 Å². The van der Waals surface area contributed by atoms with Crippen molar-refractivity contribution in [1.82, 2.24) is 9.88 Å². The lowest BCUT2D eigenvalue weighted by Crippen LogP contribution is -2.45. The van der Waals surface area contributed by atoms with E-state index in [9.17, 15) is 4.79 Å². The second-order valence-electron chi connectivity index (χ2n) is 8.94. The molecule has 3 aliphatic rings. The van der Waals surface area contributed by atoms with E-state index in [1.165, 1.54) is 64.5 Å². The van der Waals surface area contributed by atoms with Crippen LogP contribution in [0.3, 0.4) is 0 Å². The monoisotopic (exact) mass is 363 g/mol. The van der Waals surface area contributed by atoms with Crippen molar-refractivity contribution in [3.8, 4) is 0 Å². The molecular formula is C23H29N3O. The molecule has 0 bridgehead atoms. The van der Waals surface area contributed by atoms with Crippen molar-refractivity contribution in [1.29, 1.82) is 0 Å². The van der Waals surface area contributed by atoms with Crippen LogP contribution in [0.2, 0.25) is 0 Å². The van der Waals surface area contributed by atoms with Gasteiger partial charge in [-0.1, -0.05) is 0 Å². The highest BCUT2D eigenvalue weighted by atomic mass is 16.1. The Morgan fingerprint density at radius 3 is 2.52 bits per heavy atom. The summed E-state index contributed by atoms with van der Waals surface area (Å²) in [5.74, 6) is 0. The smallest absolute Gasteiger partial charge is 0.150 e. The van der Waals surface area contributed by atoms with E-state index >= 15 is 0 Å². The standard InChI is InChI=1S/C23H29N3O/c27-16-17-1-6-21-20(15-17)22(7-12-24-21)25-18-2-4-19(5-3-18)26-13-10-23(8-9-23)11-14-26/h1,6-7,12,15-16,18-19H,2-5,8-11,13-14H2,(H,24,25). The van der Waals surface area contributed by atoms with Crippen molar-refractivity contribution in [3.05, 3.63) is 36.0 Å². The van der Waals surface area contributed by atoms with Crippen LogP contribution in [0.1, 0.15) is 61.7 Å². The maximum atomic E-state index is 11.1. The Bertz CT molecular complexity index is 827. The molecule has 1 N–H and O–H groups in total. The molecule has 3 fully saturated rings. The average Bonchev–Trinajstić information content (AvgIpc) is 3.48. The molecule has 2 saturated carbocycles. The lowest BCUT2D eigenvalue weighted by molar-refractivity contribution is 0.0975. The minimum atomic E-state index is 0.520. The molecule has 1 spiro atoms.